The van der Waals surface area contributed by atoms with Crippen molar-refractivity contribution < 1.29 is 0 Å². The average molecular weight is 258 g/mol. The van der Waals surface area contributed by atoms with Gasteiger partial charge in [-0.05, 0) is 25.5 Å². The molecule has 19 heavy (non-hydrogen) atoms. The number of rotatable bonds is 6. The highest BCUT2D eigenvalue weighted by atomic mass is 15.4. The summed E-state index contributed by atoms with van der Waals surface area (Å²) in [5.74, 6) is 0. The molecule has 102 valence electrons. The molecule has 0 fully saturated rings. The molecule has 2 aromatic rings. The van der Waals surface area contributed by atoms with Crippen LogP contribution in [0, 0.1) is 6.92 Å². The summed E-state index contributed by atoms with van der Waals surface area (Å²) < 4.78 is 1.75. The molecule has 4 heteroatoms. The molecule has 1 unspecified atom stereocenters. The lowest BCUT2D eigenvalue weighted by Crippen LogP contribution is -2.33. The Balaban J connectivity index is 2.01. The molecular weight excluding hydrogens is 236 g/mol. The van der Waals surface area contributed by atoms with E-state index < -0.39 is 0 Å². The molecular formula is C15H22N4. The van der Waals surface area contributed by atoms with E-state index in [2.05, 4.69) is 53.7 Å². The van der Waals surface area contributed by atoms with Crippen LogP contribution in [0.3, 0.4) is 0 Å². The normalized spacial score (nSPS) is 12.6. The Labute approximate surface area is 114 Å². The molecule has 0 aliphatic rings. The molecule has 1 aromatic carbocycles. The van der Waals surface area contributed by atoms with Crippen molar-refractivity contribution in [2.45, 2.75) is 32.7 Å². The first-order valence-electron chi connectivity index (χ1n) is 6.81. The van der Waals surface area contributed by atoms with Crippen molar-refractivity contribution in [3.8, 4) is 0 Å². The zero-order valence-electron chi connectivity index (χ0n) is 11.9. The van der Waals surface area contributed by atoms with Gasteiger partial charge >= 0.3 is 0 Å². The first kappa shape index (κ1) is 13.7. The first-order valence-corrected chi connectivity index (χ1v) is 6.81. The maximum atomic E-state index is 4.17. The van der Waals surface area contributed by atoms with Crippen molar-refractivity contribution in [2.75, 3.05) is 6.54 Å². The van der Waals surface area contributed by atoms with E-state index >= 15 is 0 Å². The summed E-state index contributed by atoms with van der Waals surface area (Å²) in [6.45, 7) is 5.22. The minimum Gasteiger partial charge on any atom is -0.314 e. The Morgan fingerprint density at radius 1 is 1.21 bits per heavy atom. The largest absolute Gasteiger partial charge is 0.314 e. The van der Waals surface area contributed by atoms with Crippen LogP contribution in [0.4, 0.5) is 0 Å². The molecule has 0 aliphatic heterocycles. The van der Waals surface area contributed by atoms with Gasteiger partial charge in [0, 0.05) is 25.7 Å². The second-order valence-corrected chi connectivity index (χ2v) is 5.03. The minimum absolute atomic E-state index is 0.407. The van der Waals surface area contributed by atoms with E-state index in [0.717, 1.165) is 25.1 Å². The molecule has 0 radical (unpaired) electrons. The fourth-order valence-electron chi connectivity index (χ4n) is 2.26. The third-order valence-corrected chi connectivity index (χ3v) is 3.20. The number of nitrogens with one attached hydrogen (secondary N) is 1. The van der Waals surface area contributed by atoms with Gasteiger partial charge in [0.1, 0.15) is 0 Å². The van der Waals surface area contributed by atoms with Crippen molar-refractivity contribution in [2.24, 2.45) is 7.05 Å². The molecule has 4 nitrogen and oxygen atoms in total. The SMILES string of the molecule is CCNC(Cc1ccc(C)cc1)Cc1cn(C)nn1. The van der Waals surface area contributed by atoms with Crippen LogP contribution in [0.15, 0.2) is 30.5 Å². The number of aromatic nitrogens is 3. The number of aryl methyl sites for hydroxylation is 2. The molecule has 1 heterocycles. The van der Waals surface area contributed by atoms with E-state index in [1.165, 1.54) is 11.1 Å². The van der Waals surface area contributed by atoms with E-state index in [-0.39, 0.29) is 0 Å². The lowest BCUT2D eigenvalue weighted by atomic mass is 10.0. The third-order valence-electron chi connectivity index (χ3n) is 3.20. The van der Waals surface area contributed by atoms with Crippen LogP contribution < -0.4 is 5.32 Å². The molecule has 2 rings (SSSR count). The molecule has 1 aromatic heterocycles. The zero-order valence-corrected chi connectivity index (χ0v) is 11.9. The quantitative estimate of drug-likeness (QED) is 0.860. The number of hydrogen-bond acceptors (Lipinski definition) is 3. The molecule has 0 aliphatic carbocycles. The molecule has 0 spiro atoms. The summed E-state index contributed by atoms with van der Waals surface area (Å²) in [5, 5.41) is 11.7. The molecule has 1 atom stereocenters. The molecule has 0 saturated carbocycles. The van der Waals surface area contributed by atoms with Crippen LogP contribution in [-0.4, -0.2) is 27.6 Å². The highest BCUT2D eigenvalue weighted by molar-refractivity contribution is 5.22. The second kappa shape index (κ2) is 6.48. The third kappa shape index (κ3) is 4.17. The molecule has 0 saturated heterocycles. The summed E-state index contributed by atoms with van der Waals surface area (Å²) in [6.07, 6.45) is 3.92. The van der Waals surface area contributed by atoms with Gasteiger partial charge in [0.05, 0.1) is 5.69 Å². The smallest absolute Gasteiger partial charge is 0.0842 e. The first-order chi connectivity index (χ1) is 9.17. The fourth-order valence-corrected chi connectivity index (χ4v) is 2.26. The standard InChI is InChI=1S/C15H22N4/c1-4-16-14(10-15-11-19(3)18-17-15)9-13-7-5-12(2)6-8-13/h5-8,11,14,16H,4,9-10H2,1-3H3. The van der Waals surface area contributed by atoms with Crippen LogP contribution in [0.2, 0.25) is 0 Å². The summed E-state index contributed by atoms with van der Waals surface area (Å²) in [4.78, 5) is 0. The van der Waals surface area contributed by atoms with E-state index in [0.29, 0.717) is 6.04 Å². The van der Waals surface area contributed by atoms with E-state index in [9.17, 15) is 0 Å². The van der Waals surface area contributed by atoms with Gasteiger partial charge in [0.25, 0.3) is 0 Å². The maximum Gasteiger partial charge on any atom is 0.0842 e. The Hall–Kier alpha value is -1.68. The minimum atomic E-state index is 0.407. The van der Waals surface area contributed by atoms with Crippen molar-refractivity contribution in [1.29, 1.82) is 0 Å². The fraction of sp³-hybridized carbons (Fsp3) is 0.467. The molecule has 0 bridgehead atoms. The van der Waals surface area contributed by atoms with Crippen LogP contribution in [0.25, 0.3) is 0 Å². The van der Waals surface area contributed by atoms with Gasteiger partial charge in [-0.2, -0.15) is 0 Å². The average Bonchev–Trinajstić information content (AvgIpc) is 2.78. The van der Waals surface area contributed by atoms with E-state index in [1.54, 1.807) is 4.68 Å². The van der Waals surface area contributed by atoms with Gasteiger partial charge in [-0.15, -0.1) is 5.10 Å². The van der Waals surface area contributed by atoms with E-state index in [1.807, 2.05) is 13.2 Å². The second-order valence-electron chi connectivity index (χ2n) is 5.03. The van der Waals surface area contributed by atoms with Gasteiger partial charge in [0.2, 0.25) is 0 Å². The monoisotopic (exact) mass is 258 g/mol. The number of benzene rings is 1. The maximum absolute atomic E-state index is 4.17. The zero-order chi connectivity index (χ0) is 13.7. The van der Waals surface area contributed by atoms with E-state index in [4.69, 9.17) is 0 Å². The topological polar surface area (TPSA) is 42.7 Å². The number of nitrogens with zero attached hydrogens (tertiary/aromatic N) is 3. The predicted octanol–water partition coefficient (Wildman–Crippen LogP) is 1.89. The highest BCUT2D eigenvalue weighted by Crippen LogP contribution is 2.09. The van der Waals surface area contributed by atoms with Gasteiger partial charge in [0.15, 0.2) is 0 Å². The Morgan fingerprint density at radius 3 is 2.53 bits per heavy atom. The van der Waals surface area contributed by atoms with Gasteiger partial charge in [-0.25, -0.2) is 0 Å². The lowest BCUT2D eigenvalue weighted by molar-refractivity contribution is 0.516. The van der Waals surface area contributed by atoms with Gasteiger partial charge < -0.3 is 5.32 Å². The van der Waals surface area contributed by atoms with Crippen LogP contribution in [0.5, 0.6) is 0 Å². The number of hydrogen-bond donors (Lipinski definition) is 1. The van der Waals surface area contributed by atoms with Crippen molar-refractivity contribution in [3.63, 3.8) is 0 Å². The van der Waals surface area contributed by atoms with Crippen LogP contribution >= 0.6 is 0 Å². The molecule has 1 N–H and O–H groups in total. The van der Waals surface area contributed by atoms with Gasteiger partial charge in [-0.3, -0.25) is 4.68 Å². The summed E-state index contributed by atoms with van der Waals surface area (Å²) in [6, 6.07) is 9.15. The Morgan fingerprint density at radius 2 is 1.95 bits per heavy atom. The highest BCUT2D eigenvalue weighted by Gasteiger charge is 2.11. The predicted molar refractivity (Wildman–Crippen MR) is 77.1 cm³/mol. The summed E-state index contributed by atoms with van der Waals surface area (Å²) >= 11 is 0. The lowest BCUT2D eigenvalue weighted by Gasteiger charge is -2.16. The Kier molecular flexibility index (Phi) is 4.68. The van der Waals surface area contributed by atoms with Crippen molar-refractivity contribution in [1.82, 2.24) is 20.3 Å². The Bertz CT molecular complexity index is 501. The van der Waals surface area contributed by atoms with Crippen molar-refractivity contribution >= 4 is 0 Å². The van der Waals surface area contributed by atoms with Gasteiger partial charge in [-0.1, -0.05) is 42.0 Å². The van der Waals surface area contributed by atoms with Crippen LogP contribution in [-0.2, 0) is 19.9 Å². The van der Waals surface area contributed by atoms with Crippen molar-refractivity contribution in [3.05, 3.63) is 47.3 Å². The molecule has 0 amide bonds. The summed E-state index contributed by atoms with van der Waals surface area (Å²) in [7, 11) is 1.90. The van der Waals surface area contributed by atoms with Crippen LogP contribution in [0.1, 0.15) is 23.7 Å². The summed E-state index contributed by atoms with van der Waals surface area (Å²) in [5.41, 5.74) is 3.71. The number of likely N-dealkylation sites (N-methyl/N-ethyl adjacent to an activating group) is 1.